The van der Waals surface area contributed by atoms with Gasteiger partial charge in [0.25, 0.3) is 11.8 Å². The van der Waals surface area contributed by atoms with Crippen LogP contribution in [0.3, 0.4) is 0 Å². The third-order valence-corrected chi connectivity index (χ3v) is 9.33. The summed E-state index contributed by atoms with van der Waals surface area (Å²) >= 11 is 1.53. The lowest BCUT2D eigenvalue weighted by atomic mass is 9.73. The summed E-state index contributed by atoms with van der Waals surface area (Å²) in [5, 5.41) is 3.10. The Morgan fingerprint density at radius 2 is 1.86 bits per heavy atom. The summed E-state index contributed by atoms with van der Waals surface area (Å²) in [6.45, 7) is 4.18. The number of carbonyl (C=O) groups excluding carboxylic acids is 2. The minimum Gasteiger partial charge on any atom is -0.381 e. The number of hydrogen-bond donors (Lipinski definition) is 1. The van der Waals surface area contributed by atoms with Gasteiger partial charge in [-0.15, -0.1) is 11.3 Å². The minimum atomic E-state index is -0.0857. The Bertz CT molecular complexity index is 1370. The van der Waals surface area contributed by atoms with E-state index in [1.807, 2.05) is 47.4 Å². The predicted octanol–water partition coefficient (Wildman–Crippen LogP) is 4.52. The summed E-state index contributed by atoms with van der Waals surface area (Å²) in [6, 6.07) is 16.1. The molecule has 190 valence electrons. The number of pyridine rings is 1. The van der Waals surface area contributed by atoms with E-state index < -0.39 is 0 Å². The van der Waals surface area contributed by atoms with Gasteiger partial charge in [0.05, 0.1) is 10.6 Å². The van der Waals surface area contributed by atoms with Crippen LogP contribution in [0.1, 0.15) is 51.4 Å². The maximum atomic E-state index is 13.8. The van der Waals surface area contributed by atoms with Gasteiger partial charge in [0.15, 0.2) is 0 Å². The molecule has 7 rings (SSSR count). The number of para-hydroxylation sites is 1. The molecule has 5 heterocycles. The topological polar surface area (TPSA) is 74.8 Å². The lowest BCUT2D eigenvalue weighted by Crippen LogP contribution is -2.58. The number of nitrogens with zero attached hydrogens (tertiary/aromatic N) is 3. The Morgan fingerprint density at radius 3 is 2.68 bits per heavy atom. The van der Waals surface area contributed by atoms with E-state index in [-0.39, 0.29) is 11.8 Å². The second-order valence-corrected chi connectivity index (χ2v) is 11.8. The van der Waals surface area contributed by atoms with E-state index in [9.17, 15) is 9.59 Å². The zero-order valence-corrected chi connectivity index (χ0v) is 21.6. The zero-order chi connectivity index (χ0) is 25.0. The summed E-state index contributed by atoms with van der Waals surface area (Å²) < 4.78 is 5.55. The maximum absolute atomic E-state index is 13.8. The first-order chi connectivity index (χ1) is 18.1. The first-order valence-electron chi connectivity index (χ1n) is 13.2. The highest BCUT2D eigenvalue weighted by Crippen LogP contribution is 2.43. The van der Waals surface area contributed by atoms with Crippen molar-refractivity contribution < 1.29 is 14.3 Å². The number of aromatic nitrogens is 1. The van der Waals surface area contributed by atoms with Crippen molar-refractivity contribution >= 4 is 34.7 Å². The van der Waals surface area contributed by atoms with E-state index in [1.165, 1.54) is 11.3 Å². The molecule has 0 unspecified atom stereocenters. The zero-order valence-electron chi connectivity index (χ0n) is 20.7. The smallest absolute Gasteiger partial charge is 0.276 e. The Labute approximate surface area is 220 Å². The van der Waals surface area contributed by atoms with E-state index in [1.54, 1.807) is 0 Å². The molecule has 1 aliphatic carbocycles. The van der Waals surface area contributed by atoms with Crippen LogP contribution in [0.5, 0.6) is 0 Å². The molecule has 3 aliphatic heterocycles. The lowest BCUT2D eigenvalue weighted by Gasteiger charge is -2.52. The molecule has 2 aromatic heterocycles. The van der Waals surface area contributed by atoms with Gasteiger partial charge in [0, 0.05) is 54.7 Å². The monoisotopic (exact) mass is 514 g/mol. The molecule has 1 aromatic carbocycles. The quantitative estimate of drug-likeness (QED) is 0.554. The molecule has 37 heavy (non-hydrogen) atoms. The van der Waals surface area contributed by atoms with Gasteiger partial charge in [0.1, 0.15) is 11.5 Å². The molecule has 4 aliphatic rings. The van der Waals surface area contributed by atoms with Gasteiger partial charge >= 0.3 is 0 Å². The number of rotatable bonds is 4. The van der Waals surface area contributed by atoms with Crippen LogP contribution in [0.25, 0.3) is 10.4 Å². The number of carbonyl (C=O) groups is 2. The molecule has 8 heteroatoms. The fraction of sp³-hybridized carbons (Fsp3) is 0.414. The van der Waals surface area contributed by atoms with E-state index in [0.717, 1.165) is 84.4 Å². The molecule has 1 saturated carbocycles. The van der Waals surface area contributed by atoms with Gasteiger partial charge in [-0.05, 0) is 61.9 Å². The van der Waals surface area contributed by atoms with Crippen molar-refractivity contribution in [1.29, 1.82) is 0 Å². The van der Waals surface area contributed by atoms with Gasteiger partial charge in [-0.3, -0.25) is 9.59 Å². The summed E-state index contributed by atoms with van der Waals surface area (Å²) in [5.74, 6) is 0.800. The maximum Gasteiger partial charge on any atom is 0.276 e. The average molecular weight is 515 g/mol. The van der Waals surface area contributed by atoms with Gasteiger partial charge in [-0.1, -0.05) is 24.3 Å². The number of thiophene rings is 1. The molecule has 2 amide bonds. The number of nitrogens with one attached hydrogen (secondary N) is 1. The highest BCUT2D eigenvalue weighted by Gasteiger charge is 2.44. The molecule has 1 N–H and O–H groups in total. The highest BCUT2D eigenvalue weighted by atomic mass is 32.1. The summed E-state index contributed by atoms with van der Waals surface area (Å²) in [7, 11) is 0. The van der Waals surface area contributed by atoms with E-state index in [4.69, 9.17) is 9.72 Å². The highest BCUT2D eigenvalue weighted by molar-refractivity contribution is 7.17. The van der Waals surface area contributed by atoms with Crippen molar-refractivity contribution in [3.63, 3.8) is 0 Å². The van der Waals surface area contributed by atoms with E-state index in [0.29, 0.717) is 30.1 Å². The molecule has 3 aromatic rings. The van der Waals surface area contributed by atoms with Crippen LogP contribution in [-0.2, 0) is 11.2 Å². The molecular weight excluding hydrogens is 484 g/mol. The van der Waals surface area contributed by atoms with Gasteiger partial charge in [-0.2, -0.15) is 0 Å². The third kappa shape index (κ3) is 4.22. The van der Waals surface area contributed by atoms with Crippen LogP contribution in [0.2, 0.25) is 0 Å². The van der Waals surface area contributed by atoms with Gasteiger partial charge in [0.2, 0.25) is 0 Å². The normalized spacial score (nSPS) is 20.0. The summed E-state index contributed by atoms with van der Waals surface area (Å²) in [6.07, 6.45) is 5.03. The Kier molecular flexibility index (Phi) is 5.55. The summed E-state index contributed by atoms with van der Waals surface area (Å²) in [4.78, 5) is 37.3. The van der Waals surface area contributed by atoms with Crippen molar-refractivity contribution in [2.45, 2.75) is 38.1 Å². The summed E-state index contributed by atoms with van der Waals surface area (Å²) in [5.41, 5.74) is 3.81. The van der Waals surface area contributed by atoms with Crippen molar-refractivity contribution in [3.8, 4) is 10.4 Å². The van der Waals surface area contributed by atoms with Crippen LogP contribution >= 0.6 is 11.3 Å². The molecule has 0 bridgehead atoms. The standard InChI is InChI=1S/C29H30N4O3S/c34-27(30-20-8-9-20)24-16-19-10-13-33(23-6-2-1-4-21(23)26(19)37-24)28(35)22-5-3-7-25(31-22)32-17-29(18-32)11-14-36-15-12-29/h1-7,16,20H,8-15,17-18H2,(H,30,34). The SMILES string of the molecule is O=C(NC1CC1)c1cc2c(s1)-c1ccccc1N(C(=O)c1cccc(N3CC4(CCOCC4)C3)n1)CC2. The third-order valence-electron chi connectivity index (χ3n) is 8.12. The molecular formula is C29H30N4O3S. The number of amides is 2. The largest absolute Gasteiger partial charge is 0.381 e. The van der Waals surface area contributed by atoms with E-state index >= 15 is 0 Å². The number of ether oxygens (including phenoxy) is 1. The van der Waals surface area contributed by atoms with Gasteiger partial charge < -0.3 is 19.9 Å². The predicted molar refractivity (Wildman–Crippen MR) is 145 cm³/mol. The van der Waals surface area contributed by atoms with Crippen molar-refractivity contribution in [1.82, 2.24) is 10.3 Å². The number of benzene rings is 1. The molecule has 1 spiro atoms. The Hall–Kier alpha value is -3.23. The van der Waals surface area contributed by atoms with Crippen LogP contribution in [0.15, 0.2) is 48.5 Å². The van der Waals surface area contributed by atoms with Gasteiger partial charge in [-0.25, -0.2) is 4.98 Å². The first kappa shape index (κ1) is 22.9. The van der Waals surface area contributed by atoms with E-state index in [2.05, 4.69) is 16.3 Å². The van der Waals surface area contributed by atoms with Crippen LogP contribution in [0, 0.1) is 5.41 Å². The molecule has 3 fully saturated rings. The van der Waals surface area contributed by atoms with Crippen LogP contribution in [-0.4, -0.2) is 55.7 Å². The molecule has 0 radical (unpaired) electrons. The Balaban J connectivity index is 1.14. The molecule has 2 saturated heterocycles. The average Bonchev–Trinajstić information content (AvgIpc) is 3.66. The van der Waals surface area contributed by atoms with Crippen molar-refractivity contribution in [2.75, 3.05) is 42.6 Å². The lowest BCUT2D eigenvalue weighted by molar-refractivity contribution is -0.000458. The van der Waals surface area contributed by atoms with Crippen molar-refractivity contribution in [2.24, 2.45) is 5.41 Å². The number of anilines is 2. The van der Waals surface area contributed by atoms with Crippen molar-refractivity contribution in [3.05, 3.63) is 64.7 Å². The first-order valence-corrected chi connectivity index (χ1v) is 14.0. The fourth-order valence-corrected chi connectivity index (χ4v) is 6.95. The van der Waals surface area contributed by atoms with Crippen LogP contribution in [0.4, 0.5) is 11.5 Å². The molecule has 7 nitrogen and oxygen atoms in total. The second kappa shape index (κ2) is 8.96. The van der Waals surface area contributed by atoms with Crippen LogP contribution < -0.4 is 15.1 Å². The second-order valence-electron chi connectivity index (χ2n) is 10.8. The molecule has 0 atom stereocenters. The minimum absolute atomic E-state index is 0.0144. The number of fused-ring (bicyclic) bond motifs is 3. The number of hydrogen-bond acceptors (Lipinski definition) is 6. The fourth-order valence-electron chi connectivity index (χ4n) is 5.81. The Morgan fingerprint density at radius 1 is 1.05 bits per heavy atom.